The van der Waals surface area contributed by atoms with Crippen molar-refractivity contribution in [3.63, 3.8) is 0 Å². The molecule has 5 unspecified atom stereocenters. The summed E-state index contributed by atoms with van der Waals surface area (Å²) >= 11 is 3.53. The van der Waals surface area contributed by atoms with Crippen molar-refractivity contribution in [2.24, 2.45) is 5.92 Å². The molecule has 6 heterocycles. The van der Waals surface area contributed by atoms with Crippen LogP contribution in [-0.4, -0.2) is 92.5 Å². The number of H-pyrrole nitrogens is 2. The van der Waals surface area contributed by atoms with E-state index in [9.17, 15) is 19.5 Å². The minimum atomic E-state index is -1.29. The molecule has 63 heavy (non-hydrogen) atoms. The summed E-state index contributed by atoms with van der Waals surface area (Å²) in [5.41, 5.74) is 6.61. The number of alkyl carbamates (subject to hydrolysis) is 1. The second-order valence-electron chi connectivity index (χ2n) is 16.4. The van der Waals surface area contributed by atoms with Gasteiger partial charge in [-0.05, 0) is 78.1 Å². The molecular weight excluding hydrogens is 837 g/mol. The third-order valence-corrected chi connectivity index (χ3v) is 14.5. The highest BCUT2D eigenvalue weighted by Crippen LogP contribution is 2.43. The van der Waals surface area contributed by atoms with Gasteiger partial charge in [0.05, 0.1) is 42.1 Å². The molecule has 9 rings (SSSR count). The number of rotatable bonds is 13. The van der Waals surface area contributed by atoms with Gasteiger partial charge in [0, 0.05) is 39.4 Å². The van der Waals surface area contributed by atoms with Gasteiger partial charge in [0.1, 0.15) is 23.7 Å². The molecule has 0 bridgehead atoms. The van der Waals surface area contributed by atoms with Crippen molar-refractivity contribution in [3.05, 3.63) is 108 Å². The van der Waals surface area contributed by atoms with E-state index in [1.165, 1.54) is 33.4 Å². The van der Waals surface area contributed by atoms with E-state index < -0.39 is 24.6 Å². The maximum atomic E-state index is 14.0. The average Bonchev–Trinajstić information content (AvgIpc) is 4.16. The molecule has 5 atom stereocenters. The van der Waals surface area contributed by atoms with Gasteiger partial charge in [0.2, 0.25) is 18.2 Å². The fourth-order valence-electron chi connectivity index (χ4n) is 8.77. The first-order valence-corrected chi connectivity index (χ1v) is 22.9. The van der Waals surface area contributed by atoms with Gasteiger partial charge in [-0.25, -0.2) is 14.8 Å². The second kappa shape index (κ2) is 18.1. The largest absolute Gasteiger partial charge is 0.453 e. The van der Waals surface area contributed by atoms with E-state index in [4.69, 9.17) is 19.4 Å². The summed E-state index contributed by atoms with van der Waals surface area (Å²) in [7, 11) is 2.68. The van der Waals surface area contributed by atoms with Crippen molar-refractivity contribution >= 4 is 61.0 Å². The Labute approximate surface area is 372 Å². The maximum Gasteiger partial charge on any atom is 0.407 e. The number of aromatic nitrogens is 4. The lowest BCUT2D eigenvalue weighted by molar-refractivity contribution is -0.143. The van der Waals surface area contributed by atoms with Crippen LogP contribution in [0.25, 0.3) is 52.6 Å². The molecule has 7 aromatic rings. The predicted molar refractivity (Wildman–Crippen MR) is 245 cm³/mol. The predicted octanol–water partition coefficient (Wildman–Crippen LogP) is 8.52. The van der Waals surface area contributed by atoms with Gasteiger partial charge in [0.25, 0.3) is 0 Å². The number of nitrogens with one attached hydrogen (secondary N) is 4. The molecule has 2 saturated heterocycles. The maximum absolute atomic E-state index is 14.0. The van der Waals surface area contributed by atoms with Crippen LogP contribution < -0.4 is 10.6 Å². The van der Waals surface area contributed by atoms with Crippen LogP contribution in [0.5, 0.6) is 0 Å². The Morgan fingerprint density at radius 2 is 1.43 bits per heavy atom. The van der Waals surface area contributed by atoms with Gasteiger partial charge in [-0.2, -0.15) is 0 Å². The van der Waals surface area contributed by atoms with Crippen LogP contribution in [-0.2, 0) is 19.1 Å². The van der Waals surface area contributed by atoms with Crippen molar-refractivity contribution < 1.29 is 29.0 Å². The van der Waals surface area contributed by atoms with Gasteiger partial charge < -0.3 is 39.7 Å². The van der Waals surface area contributed by atoms with Gasteiger partial charge in [-0.15, -0.1) is 22.7 Å². The zero-order valence-corrected chi connectivity index (χ0v) is 37.1. The van der Waals surface area contributed by atoms with Crippen LogP contribution in [0.2, 0.25) is 0 Å². The van der Waals surface area contributed by atoms with Crippen LogP contribution in [0.4, 0.5) is 4.79 Å². The van der Waals surface area contributed by atoms with Crippen LogP contribution in [0.1, 0.15) is 74.9 Å². The summed E-state index contributed by atoms with van der Waals surface area (Å²) in [6.45, 7) is 5.01. The standard InChI is InChI=1S/C47H50N8O6S2/c1-26(2)40(52-46(58)60-3)44(56)55-21-9-13-35(55)43-49-31-19-18-30(22-32(31)50-43)37-24-39-38(63-37)23-36(62-39)28-16-14-27(15-17-28)33-25-48-42(51-33)34-12-8-20-54(34)45(57)41(53-47(59)61-4)29-10-6-5-7-11-29/h5-7,10-11,14-19,22-26,34-35,40-41,47,53,59H,8-9,12-13,20-21H2,1-4H3,(H,48,51)(H,49,50)(H,52,58). The highest BCUT2D eigenvalue weighted by Gasteiger charge is 2.39. The number of fused-ring (bicyclic) bond motifs is 2. The summed E-state index contributed by atoms with van der Waals surface area (Å²) in [5.74, 6) is 1.11. The number of aromatic amines is 2. The Balaban J connectivity index is 0.875. The quantitative estimate of drug-likeness (QED) is 0.0711. The number of amides is 3. The molecule has 2 aliphatic rings. The van der Waals surface area contributed by atoms with Crippen LogP contribution in [0, 0.1) is 5.92 Å². The van der Waals surface area contributed by atoms with Gasteiger partial charge in [-0.3, -0.25) is 14.9 Å². The molecule has 16 heteroatoms. The zero-order chi connectivity index (χ0) is 43.8. The fourth-order valence-corrected chi connectivity index (χ4v) is 11.2. The highest BCUT2D eigenvalue weighted by molar-refractivity contribution is 7.31. The Morgan fingerprint density at radius 3 is 2.10 bits per heavy atom. The SMILES string of the molecule is COC(=O)NC(C(=O)N1CCCC1c1nc2ccc(-c3cc4sc(-c5ccc(-c6cnc(C7CCCN7C(=O)C(NC(O)OC)c7ccccc7)[nH]6)cc5)cc4s3)cc2[nH]1)C(C)C. The first-order valence-electron chi connectivity index (χ1n) is 21.2. The Kier molecular flexibility index (Phi) is 12.2. The molecule has 4 aromatic heterocycles. The number of imidazole rings is 2. The van der Waals surface area contributed by atoms with Crippen molar-refractivity contribution in [3.8, 4) is 32.1 Å². The minimum Gasteiger partial charge on any atom is -0.453 e. The molecule has 0 saturated carbocycles. The lowest BCUT2D eigenvalue weighted by atomic mass is 10.0. The number of carbonyl (C=O) groups excluding carboxylic acids is 3. The number of benzene rings is 3. The number of carbonyl (C=O) groups is 3. The van der Waals surface area contributed by atoms with Gasteiger partial charge in [-0.1, -0.05) is 74.5 Å². The number of hydrogen-bond donors (Lipinski definition) is 5. The number of hydrogen-bond acceptors (Lipinski definition) is 11. The summed E-state index contributed by atoms with van der Waals surface area (Å²) in [4.78, 5) is 62.4. The number of aliphatic hydroxyl groups is 1. The topological polar surface area (TPSA) is 178 Å². The lowest BCUT2D eigenvalue weighted by Gasteiger charge is -2.29. The zero-order valence-electron chi connectivity index (χ0n) is 35.5. The Bertz CT molecular complexity index is 2710. The first-order chi connectivity index (χ1) is 30.6. The minimum absolute atomic E-state index is 0.103. The van der Waals surface area contributed by atoms with E-state index in [1.807, 2.05) is 66.2 Å². The van der Waals surface area contributed by atoms with Crippen LogP contribution in [0.15, 0.2) is 91.1 Å². The van der Waals surface area contributed by atoms with E-state index >= 15 is 0 Å². The third-order valence-electron chi connectivity index (χ3n) is 12.1. The number of aliphatic hydroxyl groups excluding tert-OH is 1. The average molecular weight is 887 g/mol. The van der Waals surface area contributed by atoms with E-state index in [-0.39, 0.29) is 29.8 Å². The summed E-state index contributed by atoms with van der Waals surface area (Å²) in [5, 5.41) is 15.9. The van der Waals surface area contributed by atoms with Gasteiger partial charge in [0.15, 0.2) is 0 Å². The van der Waals surface area contributed by atoms with E-state index in [1.54, 1.807) is 22.7 Å². The summed E-state index contributed by atoms with van der Waals surface area (Å²) in [6.07, 6.45) is 3.19. The second-order valence-corrected chi connectivity index (χ2v) is 18.6. The number of methoxy groups -OCH3 is 2. The molecule has 0 aliphatic carbocycles. The van der Waals surface area contributed by atoms with E-state index in [0.29, 0.717) is 13.1 Å². The Morgan fingerprint density at radius 1 is 0.794 bits per heavy atom. The smallest absolute Gasteiger partial charge is 0.407 e. The molecule has 3 aromatic carbocycles. The van der Waals surface area contributed by atoms with Crippen LogP contribution in [0.3, 0.4) is 0 Å². The normalized spacial score (nSPS) is 18.1. The fraction of sp³-hybridized carbons (Fsp3) is 0.340. The molecule has 2 fully saturated rings. The summed E-state index contributed by atoms with van der Waals surface area (Å²) in [6, 6.07) is 26.7. The van der Waals surface area contributed by atoms with E-state index in [2.05, 4.69) is 69.1 Å². The van der Waals surface area contributed by atoms with Crippen molar-refractivity contribution in [2.75, 3.05) is 27.3 Å². The molecule has 326 valence electrons. The van der Waals surface area contributed by atoms with E-state index in [0.717, 1.165) is 76.3 Å². The Hall–Kier alpha value is -5.91. The van der Waals surface area contributed by atoms with Crippen molar-refractivity contribution in [2.45, 2.75) is 70.1 Å². The number of likely N-dealkylation sites (tertiary alicyclic amines) is 2. The van der Waals surface area contributed by atoms with Gasteiger partial charge >= 0.3 is 6.09 Å². The first kappa shape index (κ1) is 42.4. The highest BCUT2D eigenvalue weighted by atomic mass is 32.1. The monoisotopic (exact) mass is 886 g/mol. The molecule has 5 N–H and O–H groups in total. The molecule has 2 aliphatic heterocycles. The third kappa shape index (κ3) is 8.61. The number of nitrogens with zero attached hydrogens (tertiary/aromatic N) is 4. The molecular formula is C47H50N8O6S2. The molecule has 0 spiro atoms. The number of ether oxygens (including phenoxy) is 2. The summed E-state index contributed by atoms with van der Waals surface area (Å²) < 4.78 is 12.3. The molecule has 14 nitrogen and oxygen atoms in total. The van der Waals surface area contributed by atoms with Crippen molar-refractivity contribution in [1.29, 1.82) is 0 Å². The molecule has 0 radical (unpaired) electrons. The number of thiophene rings is 2. The lowest BCUT2D eigenvalue weighted by Crippen LogP contribution is -2.51. The van der Waals surface area contributed by atoms with Crippen molar-refractivity contribution in [1.82, 2.24) is 40.4 Å². The molecule has 3 amide bonds. The van der Waals surface area contributed by atoms with Crippen LogP contribution >= 0.6 is 22.7 Å².